The van der Waals surface area contributed by atoms with E-state index in [4.69, 9.17) is 5.11 Å². The number of hydrogen-bond acceptors (Lipinski definition) is 1. The van der Waals surface area contributed by atoms with E-state index in [0.717, 1.165) is 37.8 Å². The SMILES string of the molecule is OCCCCCCc1cc(F)c(F)c(F)c1. The molecule has 0 saturated heterocycles. The fourth-order valence-electron chi connectivity index (χ4n) is 1.55. The van der Waals surface area contributed by atoms with Gasteiger partial charge in [0.25, 0.3) is 0 Å². The average molecular weight is 232 g/mol. The fourth-order valence-corrected chi connectivity index (χ4v) is 1.55. The predicted molar refractivity (Wildman–Crippen MR) is 55.6 cm³/mol. The van der Waals surface area contributed by atoms with E-state index >= 15 is 0 Å². The van der Waals surface area contributed by atoms with Gasteiger partial charge in [0.2, 0.25) is 0 Å². The molecule has 1 nitrogen and oxygen atoms in total. The molecule has 0 saturated carbocycles. The van der Waals surface area contributed by atoms with Crippen molar-refractivity contribution < 1.29 is 18.3 Å². The molecule has 0 heterocycles. The summed E-state index contributed by atoms with van der Waals surface area (Å²) in [6, 6.07) is 2.06. The number of halogens is 3. The molecule has 0 aliphatic carbocycles. The summed E-state index contributed by atoms with van der Waals surface area (Å²) in [5.74, 6) is -3.68. The minimum Gasteiger partial charge on any atom is -0.396 e. The van der Waals surface area contributed by atoms with Gasteiger partial charge in [-0.05, 0) is 37.0 Å². The highest BCUT2D eigenvalue weighted by atomic mass is 19.2. The van der Waals surface area contributed by atoms with Crippen molar-refractivity contribution in [2.75, 3.05) is 6.61 Å². The Bertz CT molecular complexity index is 316. The van der Waals surface area contributed by atoms with Gasteiger partial charge in [-0.2, -0.15) is 0 Å². The average Bonchev–Trinajstić information content (AvgIpc) is 2.25. The van der Waals surface area contributed by atoms with E-state index in [1.807, 2.05) is 0 Å². The zero-order valence-electron chi connectivity index (χ0n) is 8.98. The molecule has 0 amide bonds. The number of hydrogen-bond donors (Lipinski definition) is 1. The molecule has 16 heavy (non-hydrogen) atoms. The molecular weight excluding hydrogens is 217 g/mol. The van der Waals surface area contributed by atoms with Gasteiger partial charge in [-0.25, -0.2) is 13.2 Å². The molecule has 1 N–H and O–H groups in total. The summed E-state index contributed by atoms with van der Waals surface area (Å²) in [5.41, 5.74) is 0.473. The van der Waals surface area contributed by atoms with Crippen molar-refractivity contribution >= 4 is 0 Å². The third kappa shape index (κ3) is 3.85. The Balaban J connectivity index is 2.43. The first-order valence-electron chi connectivity index (χ1n) is 5.39. The van der Waals surface area contributed by atoms with E-state index in [1.54, 1.807) is 0 Å². The lowest BCUT2D eigenvalue weighted by molar-refractivity contribution is 0.282. The third-order valence-electron chi connectivity index (χ3n) is 2.42. The maximum Gasteiger partial charge on any atom is 0.194 e. The van der Waals surface area contributed by atoms with Gasteiger partial charge in [0.15, 0.2) is 17.5 Å². The van der Waals surface area contributed by atoms with Crippen LogP contribution in [0.15, 0.2) is 12.1 Å². The Morgan fingerprint density at radius 1 is 0.875 bits per heavy atom. The minimum absolute atomic E-state index is 0.166. The lowest BCUT2D eigenvalue weighted by atomic mass is 10.1. The number of unbranched alkanes of at least 4 members (excludes halogenated alkanes) is 3. The van der Waals surface area contributed by atoms with Crippen molar-refractivity contribution in [1.82, 2.24) is 0 Å². The highest BCUT2D eigenvalue weighted by Gasteiger charge is 2.09. The Morgan fingerprint density at radius 2 is 1.44 bits per heavy atom. The Morgan fingerprint density at radius 3 is 2.00 bits per heavy atom. The molecule has 1 rings (SSSR count). The largest absolute Gasteiger partial charge is 0.396 e. The molecule has 0 aliphatic rings. The van der Waals surface area contributed by atoms with E-state index in [1.165, 1.54) is 0 Å². The van der Waals surface area contributed by atoms with Crippen LogP contribution in [0.2, 0.25) is 0 Å². The van der Waals surface area contributed by atoms with Gasteiger partial charge < -0.3 is 5.11 Å². The van der Waals surface area contributed by atoms with Gasteiger partial charge in [0.05, 0.1) is 0 Å². The van der Waals surface area contributed by atoms with Gasteiger partial charge >= 0.3 is 0 Å². The third-order valence-corrected chi connectivity index (χ3v) is 2.42. The zero-order valence-corrected chi connectivity index (χ0v) is 8.98. The zero-order chi connectivity index (χ0) is 12.0. The summed E-state index contributed by atoms with van der Waals surface area (Å²) in [6.45, 7) is 0.166. The Hall–Kier alpha value is -1.03. The highest BCUT2D eigenvalue weighted by molar-refractivity contribution is 5.19. The number of aliphatic hydroxyl groups is 1. The fraction of sp³-hybridized carbons (Fsp3) is 0.500. The molecule has 90 valence electrons. The first kappa shape index (κ1) is 13.0. The van der Waals surface area contributed by atoms with Crippen molar-refractivity contribution in [3.63, 3.8) is 0 Å². The van der Waals surface area contributed by atoms with Crippen molar-refractivity contribution in [2.45, 2.75) is 32.1 Å². The Labute approximate surface area is 92.9 Å². The quantitative estimate of drug-likeness (QED) is 0.590. The lowest BCUT2D eigenvalue weighted by Crippen LogP contribution is -1.95. The number of aliphatic hydroxyl groups excluding tert-OH is 1. The standard InChI is InChI=1S/C12H15F3O/c13-10-7-9(8-11(14)12(10)15)5-3-1-2-4-6-16/h7-8,16H,1-6H2. The highest BCUT2D eigenvalue weighted by Crippen LogP contribution is 2.15. The second kappa shape index (κ2) is 6.53. The summed E-state index contributed by atoms with van der Waals surface area (Å²) in [4.78, 5) is 0. The molecule has 0 bridgehead atoms. The van der Waals surface area contributed by atoms with Crippen molar-refractivity contribution in [3.8, 4) is 0 Å². The summed E-state index contributed by atoms with van der Waals surface area (Å²) in [7, 11) is 0. The van der Waals surface area contributed by atoms with Crippen LogP contribution in [0.4, 0.5) is 13.2 Å². The van der Waals surface area contributed by atoms with Gasteiger partial charge in [-0.3, -0.25) is 0 Å². The number of benzene rings is 1. The van der Waals surface area contributed by atoms with E-state index in [9.17, 15) is 13.2 Å². The first-order valence-corrected chi connectivity index (χ1v) is 5.39. The summed E-state index contributed by atoms with van der Waals surface area (Å²) < 4.78 is 38.3. The molecule has 0 aromatic heterocycles. The van der Waals surface area contributed by atoms with Gasteiger partial charge in [-0.15, -0.1) is 0 Å². The van der Waals surface area contributed by atoms with Crippen molar-refractivity contribution in [2.24, 2.45) is 0 Å². The van der Waals surface area contributed by atoms with Crippen molar-refractivity contribution in [3.05, 3.63) is 35.1 Å². The molecule has 1 aromatic rings. The predicted octanol–water partition coefficient (Wildman–Crippen LogP) is 3.20. The molecular formula is C12H15F3O. The summed E-state index contributed by atoms with van der Waals surface area (Å²) in [6.07, 6.45) is 3.83. The Kier molecular flexibility index (Phi) is 5.32. The monoisotopic (exact) mass is 232 g/mol. The maximum absolute atomic E-state index is 12.8. The van der Waals surface area contributed by atoms with Crippen molar-refractivity contribution in [1.29, 1.82) is 0 Å². The van der Waals surface area contributed by atoms with Crippen LogP contribution in [0.5, 0.6) is 0 Å². The normalized spacial score (nSPS) is 10.8. The second-order valence-electron chi connectivity index (χ2n) is 3.76. The molecule has 0 atom stereocenters. The number of rotatable bonds is 6. The van der Waals surface area contributed by atoms with Crippen LogP contribution in [-0.2, 0) is 6.42 Å². The molecule has 0 spiro atoms. The molecule has 0 unspecified atom stereocenters. The van der Waals surface area contributed by atoms with E-state index < -0.39 is 17.5 Å². The van der Waals surface area contributed by atoms with Crippen LogP contribution in [0.25, 0.3) is 0 Å². The molecule has 4 heteroatoms. The van der Waals surface area contributed by atoms with Crippen LogP contribution in [0.3, 0.4) is 0 Å². The smallest absolute Gasteiger partial charge is 0.194 e. The molecule has 0 aliphatic heterocycles. The topological polar surface area (TPSA) is 20.2 Å². The van der Waals surface area contributed by atoms with Crippen LogP contribution >= 0.6 is 0 Å². The lowest BCUT2D eigenvalue weighted by Gasteiger charge is -2.03. The second-order valence-corrected chi connectivity index (χ2v) is 3.76. The van der Waals surface area contributed by atoms with E-state index in [-0.39, 0.29) is 6.61 Å². The molecule has 1 aromatic carbocycles. The molecule has 0 radical (unpaired) electrons. The van der Waals surface area contributed by atoms with Crippen LogP contribution < -0.4 is 0 Å². The molecule has 0 fully saturated rings. The van der Waals surface area contributed by atoms with Crippen LogP contribution in [0, 0.1) is 17.5 Å². The van der Waals surface area contributed by atoms with Gasteiger partial charge in [0, 0.05) is 6.61 Å². The van der Waals surface area contributed by atoms with Gasteiger partial charge in [-0.1, -0.05) is 12.8 Å². The first-order chi connectivity index (χ1) is 7.65. The van der Waals surface area contributed by atoms with E-state index in [0.29, 0.717) is 12.0 Å². The number of aryl methyl sites for hydroxylation is 1. The van der Waals surface area contributed by atoms with Crippen LogP contribution in [0.1, 0.15) is 31.2 Å². The van der Waals surface area contributed by atoms with E-state index in [2.05, 4.69) is 0 Å². The summed E-state index contributed by atoms with van der Waals surface area (Å²) in [5, 5.41) is 8.55. The van der Waals surface area contributed by atoms with Crippen LogP contribution in [-0.4, -0.2) is 11.7 Å². The summed E-state index contributed by atoms with van der Waals surface area (Å²) >= 11 is 0. The maximum atomic E-state index is 12.8. The van der Waals surface area contributed by atoms with Gasteiger partial charge in [0.1, 0.15) is 0 Å². The minimum atomic E-state index is -1.41.